The maximum Gasteiger partial charge on any atom is 0.321 e. The summed E-state index contributed by atoms with van der Waals surface area (Å²) in [6.07, 6.45) is -0.742. The molecule has 2 N–H and O–H groups in total. The fourth-order valence-electron chi connectivity index (χ4n) is 1.34. The Bertz CT molecular complexity index is 438. The van der Waals surface area contributed by atoms with Gasteiger partial charge in [-0.05, 0) is 39.8 Å². The van der Waals surface area contributed by atoms with Gasteiger partial charge in [0.05, 0.1) is 0 Å². The molecule has 19 heavy (non-hydrogen) atoms. The molecule has 0 aliphatic rings. The van der Waals surface area contributed by atoms with E-state index in [1.807, 2.05) is 39.0 Å². The molecule has 0 aliphatic heterocycles. The molecule has 5 nitrogen and oxygen atoms in total. The highest BCUT2D eigenvalue weighted by atomic mass is 16.5. The van der Waals surface area contributed by atoms with Gasteiger partial charge >= 0.3 is 6.03 Å². The Labute approximate surface area is 113 Å². The Hall–Kier alpha value is -2.04. The molecular weight excluding hydrogens is 244 g/mol. The molecule has 1 rings (SSSR count). The van der Waals surface area contributed by atoms with Crippen LogP contribution in [0.5, 0.6) is 5.75 Å². The molecule has 0 aliphatic carbocycles. The van der Waals surface area contributed by atoms with Crippen LogP contribution in [0.15, 0.2) is 30.3 Å². The third-order valence-corrected chi connectivity index (χ3v) is 2.15. The molecular formula is C14H20N2O3. The Morgan fingerprint density at radius 3 is 2.26 bits per heavy atom. The normalized spacial score (nSPS) is 12.4. The van der Waals surface area contributed by atoms with Crippen LogP contribution in [0.3, 0.4) is 0 Å². The first-order valence-corrected chi connectivity index (χ1v) is 6.12. The smallest absolute Gasteiger partial charge is 0.321 e. The number of rotatable bonds is 3. The van der Waals surface area contributed by atoms with Crippen molar-refractivity contribution in [1.29, 1.82) is 0 Å². The van der Waals surface area contributed by atoms with E-state index in [4.69, 9.17) is 4.74 Å². The molecule has 104 valence electrons. The van der Waals surface area contributed by atoms with Crippen molar-refractivity contribution >= 4 is 11.9 Å². The van der Waals surface area contributed by atoms with Gasteiger partial charge in [-0.2, -0.15) is 0 Å². The standard InChI is InChI=1S/C14H20N2O3/c1-10(19-11-8-6-5-7-9-11)12(17)15-13(18)16-14(2,3)4/h5-10H,1-4H3,(H2,15,16,17,18)/t10-/m0/s1. The van der Waals surface area contributed by atoms with Crippen molar-refractivity contribution in [3.05, 3.63) is 30.3 Å². The zero-order valence-corrected chi connectivity index (χ0v) is 11.7. The molecule has 1 aromatic rings. The van der Waals surface area contributed by atoms with E-state index in [1.54, 1.807) is 19.1 Å². The first kappa shape index (κ1) is 15.0. The average molecular weight is 264 g/mol. The molecule has 1 atom stereocenters. The van der Waals surface area contributed by atoms with Crippen LogP contribution >= 0.6 is 0 Å². The summed E-state index contributed by atoms with van der Waals surface area (Å²) < 4.78 is 5.42. The van der Waals surface area contributed by atoms with Gasteiger partial charge in [-0.3, -0.25) is 10.1 Å². The van der Waals surface area contributed by atoms with Gasteiger partial charge in [0.2, 0.25) is 0 Å². The summed E-state index contributed by atoms with van der Waals surface area (Å²) in [5, 5.41) is 4.88. The molecule has 1 aromatic carbocycles. The number of ether oxygens (including phenoxy) is 1. The fraction of sp³-hybridized carbons (Fsp3) is 0.429. The van der Waals surface area contributed by atoms with Crippen LogP contribution in [0.2, 0.25) is 0 Å². The summed E-state index contributed by atoms with van der Waals surface area (Å²) >= 11 is 0. The van der Waals surface area contributed by atoms with E-state index in [1.165, 1.54) is 0 Å². The maximum atomic E-state index is 11.7. The summed E-state index contributed by atoms with van der Waals surface area (Å²) in [6, 6.07) is 8.45. The highest BCUT2D eigenvalue weighted by Crippen LogP contribution is 2.10. The van der Waals surface area contributed by atoms with Gasteiger partial charge in [0.1, 0.15) is 5.75 Å². The topological polar surface area (TPSA) is 67.4 Å². The van der Waals surface area contributed by atoms with Crippen molar-refractivity contribution in [3.8, 4) is 5.75 Å². The minimum atomic E-state index is -0.742. The summed E-state index contributed by atoms with van der Waals surface area (Å²) in [7, 11) is 0. The van der Waals surface area contributed by atoms with Gasteiger partial charge in [-0.15, -0.1) is 0 Å². The summed E-state index contributed by atoms with van der Waals surface area (Å²) in [6.45, 7) is 7.09. The van der Waals surface area contributed by atoms with Crippen LogP contribution < -0.4 is 15.4 Å². The van der Waals surface area contributed by atoms with E-state index in [9.17, 15) is 9.59 Å². The van der Waals surface area contributed by atoms with Gasteiger partial charge in [0.15, 0.2) is 6.10 Å². The number of benzene rings is 1. The van der Waals surface area contributed by atoms with Crippen LogP contribution in [0.25, 0.3) is 0 Å². The highest BCUT2D eigenvalue weighted by Gasteiger charge is 2.20. The van der Waals surface area contributed by atoms with Crippen molar-refractivity contribution in [3.63, 3.8) is 0 Å². The average Bonchev–Trinajstić information content (AvgIpc) is 2.27. The molecule has 0 saturated carbocycles. The first-order valence-electron chi connectivity index (χ1n) is 6.12. The maximum absolute atomic E-state index is 11.7. The highest BCUT2D eigenvalue weighted by molar-refractivity contribution is 5.96. The lowest BCUT2D eigenvalue weighted by atomic mass is 10.1. The molecule has 0 spiro atoms. The van der Waals surface area contributed by atoms with Crippen molar-refractivity contribution in [2.24, 2.45) is 0 Å². The Balaban J connectivity index is 2.47. The monoisotopic (exact) mass is 264 g/mol. The lowest BCUT2D eigenvalue weighted by Crippen LogP contribution is -2.50. The predicted molar refractivity (Wildman–Crippen MR) is 73.0 cm³/mol. The number of imide groups is 1. The van der Waals surface area contributed by atoms with E-state index >= 15 is 0 Å². The van der Waals surface area contributed by atoms with Crippen molar-refractivity contribution < 1.29 is 14.3 Å². The number of hydrogen-bond donors (Lipinski definition) is 2. The van der Waals surface area contributed by atoms with E-state index < -0.39 is 23.6 Å². The van der Waals surface area contributed by atoms with Gasteiger partial charge in [0.25, 0.3) is 5.91 Å². The van der Waals surface area contributed by atoms with E-state index in [0.29, 0.717) is 5.75 Å². The van der Waals surface area contributed by atoms with Crippen LogP contribution in [0.1, 0.15) is 27.7 Å². The van der Waals surface area contributed by atoms with Crippen molar-refractivity contribution in [2.45, 2.75) is 39.3 Å². The van der Waals surface area contributed by atoms with Crippen molar-refractivity contribution in [1.82, 2.24) is 10.6 Å². The molecule has 0 saturated heterocycles. The van der Waals surface area contributed by atoms with Gasteiger partial charge < -0.3 is 10.1 Å². The molecule has 0 bridgehead atoms. The van der Waals surface area contributed by atoms with Crippen LogP contribution in [-0.4, -0.2) is 23.6 Å². The van der Waals surface area contributed by atoms with E-state index in [2.05, 4.69) is 10.6 Å². The fourth-order valence-corrected chi connectivity index (χ4v) is 1.34. The second-order valence-corrected chi connectivity index (χ2v) is 5.27. The van der Waals surface area contributed by atoms with Crippen LogP contribution in [0.4, 0.5) is 4.79 Å². The van der Waals surface area contributed by atoms with E-state index in [-0.39, 0.29) is 0 Å². The molecule has 0 heterocycles. The molecule has 5 heteroatoms. The van der Waals surface area contributed by atoms with E-state index in [0.717, 1.165) is 0 Å². The number of carbonyl (C=O) groups is 2. The third-order valence-electron chi connectivity index (χ3n) is 2.15. The quantitative estimate of drug-likeness (QED) is 0.878. The predicted octanol–water partition coefficient (Wildman–Crippen LogP) is 2.08. The first-order chi connectivity index (χ1) is 8.78. The lowest BCUT2D eigenvalue weighted by Gasteiger charge is -2.21. The summed E-state index contributed by atoms with van der Waals surface area (Å²) in [5.74, 6) is 0.104. The molecule has 0 unspecified atom stereocenters. The van der Waals surface area contributed by atoms with Crippen molar-refractivity contribution in [2.75, 3.05) is 0 Å². The summed E-state index contributed by atoms with van der Waals surface area (Å²) in [5.41, 5.74) is -0.395. The number of hydrogen-bond acceptors (Lipinski definition) is 3. The third kappa shape index (κ3) is 5.90. The number of urea groups is 1. The number of carbonyl (C=O) groups excluding carboxylic acids is 2. The van der Waals surface area contributed by atoms with Crippen LogP contribution in [-0.2, 0) is 4.79 Å². The second kappa shape index (κ2) is 6.22. The minimum absolute atomic E-state index is 0.395. The number of nitrogens with one attached hydrogen (secondary N) is 2. The zero-order chi connectivity index (χ0) is 14.5. The zero-order valence-electron chi connectivity index (χ0n) is 11.7. The van der Waals surface area contributed by atoms with Crippen LogP contribution in [0, 0.1) is 0 Å². The van der Waals surface area contributed by atoms with Gasteiger partial charge in [-0.25, -0.2) is 4.79 Å². The SMILES string of the molecule is C[C@H](Oc1ccccc1)C(=O)NC(=O)NC(C)(C)C. The number of amides is 3. The minimum Gasteiger partial charge on any atom is -0.481 e. The largest absolute Gasteiger partial charge is 0.481 e. The van der Waals surface area contributed by atoms with Gasteiger partial charge in [-0.1, -0.05) is 18.2 Å². The Kier molecular flexibility index (Phi) is 4.92. The Morgan fingerprint density at radius 1 is 1.16 bits per heavy atom. The Morgan fingerprint density at radius 2 is 1.74 bits per heavy atom. The second-order valence-electron chi connectivity index (χ2n) is 5.27. The lowest BCUT2D eigenvalue weighted by molar-refractivity contribution is -0.126. The number of para-hydroxylation sites is 1. The van der Waals surface area contributed by atoms with Gasteiger partial charge in [0, 0.05) is 5.54 Å². The molecule has 0 radical (unpaired) electrons. The molecule has 0 fully saturated rings. The molecule has 3 amide bonds. The summed E-state index contributed by atoms with van der Waals surface area (Å²) in [4.78, 5) is 23.3. The molecule has 0 aromatic heterocycles.